The van der Waals surface area contributed by atoms with Gasteiger partial charge >= 0.3 is 0 Å². The van der Waals surface area contributed by atoms with Crippen LogP contribution in [-0.4, -0.2) is 10.8 Å². The van der Waals surface area contributed by atoms with E-state index in [1.54, 1.807) is 24.5 Å². The monoisotopic (exact) mass is 193 g/mol. The predicted molar refractivity (Wildman–Crippen MR) is 59.4 cm³/mol. The van der Waals surface area contributed by atoms with Crippen molar-refractivity contribution in [2.24, 2.45) is 5.92 Å². The van der Waals surface area contributed by atoms with Gasteiger partial charge in [-0.2, -0.15) is 0 Å². The van der Waals surface area contributed by atoms with Crippen molar-refractivity contribution in [3.63, 3.8) is 0 Å². The molecule has 0 aliphatic rings. The number of aromatic nitrogens is 1. The van der Waals surface area contributed by atoms with Crippen LogP contribution >= 0.6 is 0 Å². The number of Topliss-reactive ketones (excluding diaryl/α,β-unsaturated/α-hetero) is 1. The summed E-state index contributed by atoms with van der Waals surface area (Å²) in [4.78, 5) is 15.3. The number of hydrogen-bond donors (Lipinski definition) is 0. The third-order valence-corrected chi connectivity index (χ3v) is 1.58. The summed E-state index contributed by atoms with van der Waals surface area (Å²) in [6, 6.07) is 3.59. The number of rotatable bonds is 3. The Balaban J connectivity index is 0.000000791. The molecule has 1 rings (SSSR count). The van der Waals surface area contributed by atoms with Gasteiger partial charge in [-0.15, -0.1) is 0 Å². The summed E-state index contributed by atoms with van der Waals surface area (Å²) >= 11 is 0. The Morgan fingerprint density at radius 3 is 2.50 bits per heavy atom. The molecule has 0 amide bonds. The van der Waals surface area contributed by atoms with Gasteiger partial charge in [0.15, 0.2) is 5.78 Å². The maximum atomic E-state index is 11.4. The van der Waals surface area contributed by atoms with Gasteiger partial charge in [0.1, 0.15) is 0 Å². The Morgan fingerprint density at radius 2 is 2.07 bits per heavy atom. The highest BCUT2D eigenvalue weighted by atomic mass is 16.1. The molecule has 0 saturated carbocycles. The van der Waals surface area contributed by atoms with Crippen LogP contribution in [0.5, 0.6) is 0 Å². The van der Waals surface area contributed by atoms with Crippen LogP contribution in [0.25, 0.3) is 0 Å². The fourth-order valence-corrected chi connectivity index (χ4v) is 1.02. The summed E-state index contributed by atoms with van der Waals surface area (Å²) in [5.41, 5.74) is 0.714. The molecule has 0 fully saturated rings. The molecule has 2 heteroatoms. The SMILES string of the molecule is CC.CC(C)CC(=O)c1cccnc1. The quantitative estimate of drug-likeness (QED) is 0.689. The maximum absolute atomic E-state index is 11.4. The molecular formula is C12H19NO. The molecule has 0 aromatic carbocycles. The van der Waals surface area contributed by atoms with Crippen molar-refractivity contribution in [3.05, 3.63) is 30.1 Å². The van der Waals surface area contributed by atoms with Gasteiger partial charge in [-0.25, -0.2) is 0 Å². The van der Waals surface area contributed by atoms with Crippen LogP contribution < -0.4 is 0 Å². The van der Waals surface area contributed by atoms with Crippen LogP contribution in [0.3, 0.4) is 0 Å². The second-order valence-corrected chi connectivity index (χ2v) is 3.26. The smallest absolute Gasteiger partial charge is 0.164 e. The van der Waals surface area contributed by atoms with Crippen LogP contribution in [0.15, 0.2) is 24.5 Å². The van der Waals surface area contributed by atoms with Gasteiger partial charge in [-0.05, 0) is 18.1 Å². The molecule has 78 valence electrons. The van der Waals surface area contributed by atoms with E-state index in [1.165, 1.54) is 0 Å². The van der Waals surface area contributed by atoms with E-state index in [9.17, 15) is 4.79 Å². The second-order valence-electron chi connectivity index (χ2n) is 3.26. The van der Waals surface area contributed by atoms with Gasteiger partial charge in [0.2, 0.25) is 0 Å². The predicted octanol–water partition coefficient (Wildman–Crippen LogP) is 3.34. The lowest BCUT2D eigenvalue weighted by molar-refractivity contribution is 0.0967. The molecule has 2 nitrogen and oxygen atoms in total. The summed E-state index contributed by atoms with van der Waals surface area (Å²) in [6.45, 7) is 8.07. The molecule has 0 N–H and O–H groups in total. The second kappa shape index (κ2) is 7.25. The minimum absolute atomic E-state index is 0.179. The lowest BCUT2D eigenvalue weighted by Gasteiger charge is -2.02. The zero-order valence-electron chi connectivity index (χ0n) is 9.45. The standard InChI is InChI=1S/C10H13NO.C2H6/c1-8(2)6-10(12)9-4-3-5-11-7-9;1-2/h3-5,7-8H,6H2,1-2H3;1-2H3. The molecule has 0 aliphatic carbocycles. The van der Waals surface area contributed by atoms with Crippen molar-refractivity contribution in [2.75, 3.05) is 0 Å². The molecule has 0 unspecified atom stereocenters. The highest BCUT2D eigenvalue weighted by Gasteiger charge is 2.06. The molecule has 1 aromatic rings. The minimum atomic E-state index is 0.179. The molecular weight excluding hydrogens is 174 g/mol. The van der Waals surface area contributed by atoms with Gasteiger partial charge in [-0.3, -0.25) is 9.78 Å². The number of hydrogen-bond acceptors (Lipinski definition) is 2. The minimum Gasteiger partial charge on any atom is -0.294 e. The Bertz CT molecular complexity index is 254. The molecule has 0 spiro atoms. The van der Waals surface area contributed by atoms with E-state index < -0.39 is 0 Å². The molecule has 0 aliphatic heterocycles. The summed E-state index contributed by atoms with van der Waals surface area (Å²) < 4.78 is 0. The first-order chi connectivity index (χ1) is 6.70. The van der Waals surface area contributed by atoms with Crippen LogP contribution in [0.4, 0.5) is 0 Å². The van der Waals surface area contributed by atoms with Crippen molar-refractivity contribution < 1.29 is 4.79 Å². The average Bonchev–Trinajstić information content (AvgIpc) is 2.21. The van der Waals surface area contributed by atoms with E-state index in [2.05, 4.69) is 4.98 Å². The van der Waals surface area contributed by atoms with E-state index in [-0.39, 0.29) is 5.78 Å². The fraction of sp³-hybridized carbons (Fsp3) is 0.500. The molecule has 0 saturated heterocycles. The van der Waals surface area contributed by atoms with Crippen molar-refractivity contribution in [2.45, 2.75) is 34.1 Å². The fourth-order valence-electron chi connectivity index (χ4n) is 1.02. The average molecular weight is 193 g/mol. The molecule has 0 atom stereocenters. The van der Waals surface area contributed by atoms with E-state index >= 15 is 0 Å². The van der Waals surface area contributed by atoms with Gasteiger partial charge < -0.3 is 0 Å². The number of carbonyl (C=O) groups excluding carboxylic acids is 1. The van der Waals surface area contributed by atoms with Crippen molar-refractivity contribution >= 4 is 5.78 Å². The van der Waals surface area contributed by atoms with E-state index in [1.807, 2.05) is 27.7 Å². The van der Waals surface area contributed by atoms with E-state index in [0.29, 0.717) is 17.9 Å². The molecule has 14 heavy (non-hydrogen) atoms. The molecule has 0 radical (unpaired) electrons. The Labute approximate surface area is 86.4 Å². The highest BCUT2D eigenvalue weighted by Crippen LogP contribution is 2.07. The lowest BCUT2D eigenvalue weighted by atomic mass is 10.0. The van der Waals surface area contributed by atoms with E-state index in [4.69, 9.17) is 0 Å². The molecule has 0 bridgehead atoms. The lowest BCUT2D eigenvalue weighted by Crippen LogP contribution is -2.03. The Morgan fingerprint density at radius 1 is 1.43 bits per heavy atom. The van der Waals surface area contributed by atoms with Gasteiger partial charge in [0.25, 0.3) is 0 Å². The largest absolute Gasteiger partial charge is 0.294 e. The topological polar surface area (TPSA) is 30.0 Å². The summed E-state index contributed by atoms with van der Waals surface area (Å²) in [6.07, 6.45) is 3.89. The Hall–Kier alpha value is -1.18. The number of pyridine rings is 1. The third kappa shape index (κ3) is 4.75. The maximum Gasteiger partial charge on any atom is 0.164 e. The number of carbonyl (C=O) groups is 1. The zero-order chi connectivity index (χ0) is 11.0. The molecule has 1 aromatic heterocycles. The van der Waals surface area contributed by atoms with Crippen LogP contribution in [0, 0.1) is 5.92 Å². The van der Waals surface area contributed by atoms with Crippen molar-refractivity contribution in [1.29, 1.82) is 0 Å². The van der Waals surface area contributed by atoms with Crippen LogP contribution in [0.1, 0.15) is 44.5 Å². The van der Waals surface area contributed by atoms with Crippen LogP contribution in [0.2, 0.25) is 0 Å². The van der Waals surface area contributed by atoms with Gasteiger partial charge in [0, 0.05) is 24.4 Å². The number of nitrogens with zero attached hydrogens (tertiary/aromatic N) is 1. The third-order valence-electron chi connectivity index (χ3n) is 1.58. The van der Waals surface area contributed by atoms with Crippen LogP contribution in [-0.2, 0) is 0 Å². The molecule has 1 heterocycles. The first kappa shape index (κ1) is 12.8. The summed E-state index contributed by atoms with van der Waals surface area (Å²) in [7, 11) is 0. The number of ketones is 1. The Kier molecular flexibility index (Phi) is 6.63. The first-order valence-electron chi connectivity index (χ1n) is 5.13. The highest BCUT2D eigenvalue weighted by molar-refractivity contribution is 5.95. The van der Waals surface area contributed by atoms with Crippen molar-refractivity contribution in [1.82, 2.24) is 4.98 Å². The zero-order valence-corrected chi connectivity index (χ0v) is 9.45. The van der Waals surface area contributed by atoms with Crippen molar-refractivity contribution in [3.8, 4) is 0 Å². The van der Waals surface area contributed by atoms with Gasteiger partial charge in [0.05, 0.1) is 0 Å². The summed E-state index contributed by atoms with van der Waals surface area (Å²) in [5, 5.41) is 0. The van der Waals surface area contributed by atoms with E-state index in [0.717, 1.165) is 0 Å². The first-order valence-corrected chi connectivity index (χ1v) is 5.13. The normalized spacial score (nSPS) is 9.21. The van der Waals surface area contributed by atoms with Gasteiger partial charge in [-0.1, -0.05) is 27.7 Å². The summed E-state index contributed by atoms with van der Waals surface area (Å²) in [5.74, 6) is 0.593.